The number of primary amides is 1. The zero-order valence-electron chi connectivity index (χ0n) is 14.1. The molecule has 7 heteroatoms. The van der Waals surface area contributed by atoms with Crippen molar-refractivity contribution in [1.82, 2.24) is 10.2 Å². The van der Waals surface area contributed by atoms with Gasteiger partial charge in [-0.25, -0.2) is 9.18 Å². The summed E-state index contributed by atoms with van der Waals surface area (Å²) in [5.41, 5.74) is 5.17. The fourth-order valence-corrected chi connectivity index (χ4v) is 2.81. The van der Waals surface area contributed by atoms with E-state index in [1.165, 1.54) is 25.0 Å². The summed E-state index contributed by atoms with van der Waals surface area (Å²) in [6, 6.07) is 3.57. The highest BCUT2D eigenvalue weighted by atomic mass is 19.1. The first-order valence-electron chi connectivity index (χ1n) is 8.25. The minimum absolute atomic E-state index is 0.247. The van der Waals surface area contributed by atoms with Crippen molar-refractivity contribution in [2.24, 2.45) is 11.7 Å². The molecular weight excluding hydrogens is 311 g/mol. The van der Waals surface area contributed by atoms with E-state index in [1.54, 1.807) is 0 Å². The van der Waals surface area contributed by atoms with Gasteiger partial charge in [0.2, 0.25) is 0 Å². The van der Waals surface area contributed by atoms with Gasteiger partial charge in [0, 0.05) is 18.3 Å². The van der Waals surface area contributed by atoms with Crippen LogP contribution in [0.25, 0.3) is 0 Å². The Morgan fingerprint density at radius 3 is 2.67 bits per heavy atom. The average Bonchev–Trinajstić information content (AvgIpc) is 2.55. The quantitative estimate of drug-likeness (QED) is 0.770. The van der Waals surface area contributed by atoms with Crippen LogP contribution in [0.4, 0.5) is 14.9 Å². The van der Waals surface area contributed by atoms with E-state index in [0.717, 1.165) is 25.1 Å². The summed E-state index contributed by atoms with van der Waals surface area (Å²) in [7, 11) is 0. The molecule has 1 aliphatic rings. The van der Waals surface area contributed by atoms with Gasteiger partial charge in [0.25, 0.3) is 5.91 Å². The Kier molecular flexibility index (Phi) is 6.14. The molecule has 132 valence electrons. The molecule has 24 heavy (non-hydrogen) atoms. The predicted octanol–water partition coefficient (Wildman–Crippen LogP) is 2.17. The number of nitrogens with one attached hydrogen (secondary N) is 2. The van der Waals surface area contributed by atoms with Gasteiger partial charge >= 0.3 is 6.03 Å². The Balaban J connectivity index is 1.83. The molecule has 0 aromatic heterocycles. The van der Waals surface area contributed by atoms with Crippen LogP contribution < -0.4 is 16.4 Å². The fraction of sp³-hybridized carbons (Fsp3) is 0.529. The zero-order valence-corrected chi connectivity index (χ0v) is 14.1. The van der Waals surface area contributed by atoms with Crippen molar-refractivity contribution in [3.8, 4) is 0 Å². The molecular formula is C17H25FN4O2. The molecule has 1 saturated heterocycles. The molecule has 2 rings (SSSR count). The average molecular weight is 336 g/mol. The molecule has 1 heterocycles. The lowest BCUT2D eigenvalue weighted by Gasteiger charge is -2.34. The van der Waals surface area contributed by atoms with E-state index in [9.17, 15) is 14.0 Å². The third-order valence-corrected chi connectivity index (χ3v) is 4.49. The monoisotopic (exact) mass is 336 g/mol. The van der Waals surface area contributed by atoms with Crippen molar-refractivity contribution >= 4 is 17.6 Å². The molecule has 0 saturated carbocycles. The van der Waals surface area contributed by atoms with Gasteiger partial charge in [0.15, 0.2) is 0 Å². The highest BCUT2D eigenvalue weighted by Crippen LogP contribution is 2.18. The number of carbonyl (C=O) groups is 2. The molecule has 1 atom stereocenters. The molecule has 1 aromatic carbocycles. The number of amides is 3. The summed E-state index contributed by atoms with van der Waals surface area (Å²) in [5, 5.41) is 5.39. The topological polar surface area (TPSA) is 87.5 Å². The van der Waals surface area contributed by atoms with Crippen molar-refractivity contribution in [2.75, 3.05) is 25.0 Å². The zero-order chi connectivity index (χ0) is 17.7. The Hall–Kier alpha value is -2.15. The fourth-order valence-electron chi connectivity index (χ4n) is 2.81. The summed E-state index contributed by atoms with van der Waals surface area (Å²) in [4.78, 5) is 25.5. The lowest BCUT2D eigenvalue weighted by atomic mass is 9.98. The van der Waals surface area contributed by atoms with E-state index in [4.69, 9.17) is 5.73 Å². The van der Waals surface area contributed by atoms with E-state index in [-0.39, 0.29) is 11.6 Å². The second-order valence-electron chi connectivity index (χ2n) is 6.46. The van der Waals surface area contributed by atoms with Gasteiger partial charge in [-0.15, -0.1) is 0 Å². The first kappa shape index (κ1) is 18.2. The molecule has 0 unspecified atom stereocenters. The number of anilines is 1. The number of piperidine rings is 1. The smallest absolute Gasteiger partial charge is 0.319 e. The molecule has 3 amide bonds. The van der Waals surface area contributed by atoms with Crippen molar-refractivity contribution in [1.29, 1.82) is 0 Å². The number of nitrogens with zero attached hydrogens (tertiary/aromatic N) is 1. The van der Waals surface area contributed by atoms with Crippen LogP contribution in [0, 0.1) is 11.7 Å². The summed E-state index contributed by atoms with van der Waals surface area (Å²) in [6.07, 6.45) is 2.37. The van der Waals surface area contributed by atoms with Crippen LogP contribution in [0.5, 0.6) is 0 Å². The predicted molar refractivity (Wildman–Crippen MR) is 91.4 cm³/mol. The number of rotatable bonds is 5. The number of halogens is 1. The lowest BCUT2D eigenvalue weighted by molar-refractivity contribution is 0.0996. The second kappa shape index (κ2) is 8.10. The van der Waals surface area contributed by atoms with E-state index >= 15 is 0 Å². The number of carbonyl (C=O) groups excluding carboxylic acids is 2. The molecule has 1 aromatic rings. The standard InChI is InChI=1S/C17H25FN4O2/c1-11-5-7-22(8-6-11)12(2)10-20-17(24)21-13-3-4-15(18)14(9-13)16(19)23/h3-4,9,11-12H,5-8,10H2,1-2H3,(H2,19,23)(H2,20,21,24)/t12-/m0/s1. The number of urea groups is 1. The van der Waals surface area contributed by atoms with Crippen LogP contribution in [0.15, 0.2) is 18.2 Å². The van der Waals surface area contributed by atoms with E-state index in [2.05, 4.69) is 29.4 Å². The van der Waals surface area contributed by atoms with Gasteiger partial charge in [0.1, 0.15) is 5.82 Å². The number of hydrogen-bond acceptors (Lipinski definition) is 3. The Morgan fingerprint density at radius 2 is 2.04 bits per heavy atom. The van der Waals surface area contributed by atoms with Crippen molar-refractivity contribution in [2.45, 2.75) is 32.7 Å². The van der Waals surface area contributed by atoms with Crippen LogP contribution in [0.1, 0.15) is 37.0 Å². The van der Waals surface area contributed by atoms with Gasteiger partial charge in [-0.3, -0.25) is 9.69 Å². The maximum Gasteiger partial charge on any atom is 0.319 e. The number of likely N-dealkylation sites (tertiary alicyclic amines) is 1. The molecule has 0 bridgehead atoms. The largest absolute Gasteiger partial charge is 0.366 e. The molecule has 0 aliphatic carbocycles. The highest BCUT2D eigenvalue weighted by molar-refractivity contribution is 5.96. The Labute approximate surface area is 141 Å². The van der Waals surface area contributed by atoms with E-state index in [0.29, 0.717) is 12.2 Å². The van der Waals surface area contributed by atoms with Crippen molar-refractivity contribution < 1.29 is 14.0 Å². The normalized spacial score (nSPS) is 17.3. The maximum atomic E-state index is 13.4. The highest BCUT2D eigenvalue weighted by Gasteiger charge is 2.20. The minimum atomic E-state index is -0.871. The van der Waals surface area contributed by atoms with Crippen LogP contribution >= 0.6 is 0 Å². The van der Waals surface area contributed by atoms with Gasteiger partial charge in [-0.2, -0.15) is 0 Å². The van der Waals surface area contributed by atoms with Crippen molar-refractivity contribution in [3.05, 3.63) is 29.6 Å². The number of hydrogen-bond donors (Lipinski definition) is 3. The van der Waals surface area contributed by atoms with Crippen LogP contribution in [-0.2, 0) is 0 Å². The van der Waals surface area contributed by atoms with Crippen LogP contribution in [0.2, 0.25) is 0 Å². The first-order chi connectivity index (χ1) is 11.4. The molecule has 0 radical (unpaired) electrons. The number of benzene rings is 1. The molecule has 4 N–H and O–H groups in total. The first-order valence-corrected chi connectivity index (χ1v) is 8.25. The Morgan fingerprint density at radius 1 is 1.38 bits per heavy atom. The summed E-state index contributed by atoms with van der Waals surface area (Å²) in [6.45, 7) is 6.96. The second-order valence-corrected chi connectivity index (χ2v) is 6.46. The van der Waals surface area contributed by atoms with Gasteiger partial charge in [-0.1, -0.05) is 6.92 Å². The van der Waals surface area contributed by atoms with Gasteiger partial charge < -0.3 is 16.4 Å². The molecule has 1 fully saturated rings. The summed E-state index contributed by atoms with van der Waals surface area (Å²) < 4.78 is 13.4. The third kappa shape index (κ3) is 4.92. The molecule has 0 spiro atoms. The molecule has 6 nitrogen and oxygen atoms in total. The van der Waals surface area contributed by atoms with Gasteiger partial charge in [-0.05, 0) is 57.0 Å². The van der Waals surface area contributed by atoms with Crippen LogP contribution in [-0.4, -0.2) is 42.5 Å². The Bertz CT molecular complexity index is 600. The van der Waals surface area contributed by atoms with E-state index < -0.39 is 17.8 Å². The maximum absolute atomic E-state index is 13.4. The third-order valence-electron chi connectivity index (χ3n) is 4.49. The van der Waals surface area contributed by atoms with E-state index in [1.807, 2.05) is 0 Å². The summed E-state index contributed by atoms with van der Waals surface area (Å²) >= 11 is 0. The minimum Gasteiger partial charge on any atom is -0.366 e. The lowest BCUT2D eigenvalue weighted by Crippen LogP contribution is -2.46. The number of nitrogens with two attached hydrogens (primary N) is 1. The van der Waals surface area contributed by atoms with Crippen molar-refractivity contribution in [3.63, 3.8) is 0 Å². The molecule has 1 aliphatic heterocycles. The SMILES string of the molecule is CC1CCN([C@@H](C)CNC(=O)Nc2ccc(F)c(C(N)=O)c2)CC1. The van der Waals surface area contributed by atoms with Crippen LogP contribution in [0.3, 0.4) is 0 Å². The summed E-state index contributed by atoms with van der Waals surface area (Å²) in [5.74, 6) is -0.812. The van der Waals surface area contributed by atoms with Gasteiger partial charge in [0.05, 0.1) is 5.56 Å².